The number of phosphoric acid groups is 1. The average molecular weight is 159 g/mol. The van der Waals surface area contributed by atoms with E-state index in [-0.39, 0.29) is 6.61 Å². The predicted octanol–water partition coefficient (Wildman–Crippen LogP) is -1.03. The van der Waals surface area contributed by atoms with Crippen molar-refractivity contribution in [1.29, 1.82) is 0 Å². The number of aliphatic hydroxyl groups excluding tert-OH is 1. The summed E-state index contributed by atoms with van der Waals surface area (Å²) in [5.74, 6) is 4.04. The van der Waals surface area contributed by atoms with Crippen LogP contribution in [0.15, 0.2) is 0 Å². The molecule has 0 aromatic carbocycles. The van der Waals surface area contributed by atoms with Crippen molar-refractivity contribution in [2.75, 3.05) is 6.61 Å². The number of hydrogen-bond acceptors (Lipinski definition) is 4. The molecule has 0 saturated carbocycles. The Balaban J connectivity index is 0. The van der Waals surface area contributed by atoms with Gasteiger partial charge in [-0.05, 0) is 6.92 Å². The van der Waals surface area contributed by atoms with Gasteiger partial charge in [-0.25, -0.2) is 15.1 Å². The molecule has 0 spiro atoms. The second-order valence-electron chi connectivity index (χ2n) is 0.912. The van der Waals surface area contributed by atoms with Crippen LogP contribution in [-0.2, 0) is 9.19 Å². The fourth-order valence-corrected chi connectivity index (χ4v) is 0. The van der Waals surface area contributed by atoms with Crippen molar-refractivity contribution < 1.29 is 24.1 Å². The molecule has 0 heterocycles. The molecule has 0 unspecified atom stereocenters. The first-order valence-electron chi connectivity index (χ1n) is 2.02. The molecule has 0 aliphatic heterocycles. The van der Waals surface area contributed by atoms with Crippen LogP contribution in [-0.4, -0.2) is 21.5 Å². The fourth-order valence-electron chi connectivity index (χ4n) is 0. The average Bonchev–Trinajstić information content (AvgIpc) is 1.67. The van der Waals surface area contributed by atoms with Crippen molar-refractivity contribution >= 4 is 7.82 Å². The minimum atomic E-state index is -4.37. The van der Waals surface area contributed by atoms with E-state index in [4.69, 9.17) is 14.9 Å². The molecule has 0 saturated heterocycles. The maximum atomic E-state index is 9.35. The molecule has 0 bridgehead atoms. The molecule has 58 valence electrons. The first-order valence-corrected chi connectivity index (χ1v) is 3.55. The Bertz CT molecular complexity index is 89.0. The molecule has 0 aromatic heterocycles. The molecule has 5 N–H and O–H groups in total. The number of rotatable bonds is 1. The molecular formula is C2H10NO5P. The lowest BCUT2D eigenvalue weighted by molar-refractivity contribution is 0.201. The van der Waals surface area contributed by atoms with Gasteiger partial charge in [-0.3, -0.25) is 0 Å². The SMILES string of the molecule is CCO.NOP(=O)(O)O. The lowest BCUT2D eigenvalue weighted by atomic mass is 10.9. The second kappa shape index (κ2) is 6.15. The molecule has 0 aliphatic carbocycles. The minimum Gasteiger partial charge on any atom is -0.397 e. The summed E-state index contributed by atoms with van der Waals surface area (Å²) in [5, 5.41) is 7.57. The van der Waals surface area contributed by atoms with Crippen molar-refractivity contribution in [1.82, 2.24) is 0 Å². The van der Waals surface area contributed by atoms with E-state index in [9.17, 15) is 4.57 Å². The smallest absolute Gasteiger partial charge is 0.397 e. The lowest BCUT2D eigenvalue weighted by Gasteiger charge is -1.92. The molecule has 0 aromatic rings. The largest absolute Gasteiger partial charge is 0.485 e. The number of nitrogens with two attached hydrogens (primary N) is 1. The predicted molar refractivity (Wildman–Crippen MR) is 30.1 cm³/mol. The van der Waals surface area contributed by atoms with Crippen molar-refractivity contribution in [3.63, 3.8) is 0 Å². The van der Waals surface area contributed by atoms with Crippen molar-refractivity contribution in [3.05, 3.63) is 0 Å². The summed E-state index contributed by atoms with van der Waals surface area (Å²) in [4.78, 5) is 15.2. The molecule has 0 radical (unpaired) electrons. The van der Waals surface area contributed by atoms with Crippen LogP contribution in [0, 0.1) is 0 Å². The van der Waals surface area contributed by atoms with Crippen molar-refractivity contribution in [2.24, 2.45) is 5.90 Å². The van der Waals surface area contributed by atoms with E-state index in [1.54, 1.807) is 6.92 Å². The van der Waals surface area contributed by atoms with Gasteiger partial charge >= 0.3 is 7.82 Å². The Morgan fingerprint density at radius 3 is 1.78 bits per heavy atom. The van der Waals surface area contributed by atoms with Gasteiger partial charge in [0.1, 0.15) is 0 Å². The maximum absolute atomic E-state index is 9.35. The lowest BCUT2D eigenvalue weighted by Crippen LogP contribution is -1.93. The van der Waals surface area contributed by atoms with Crippen LogP contribution in [0.1, 0.15) is 6.92 Å². The van der Waals surface area contributed by atoms with Crippen molar-refractivity contribution in [3.8, 4) is 0 Å². The van der Waals surface area contributed by atoms with Crippen molar-refractivity contribution in [2.45, 2.75) is 6.92 Å². The quantitative estimate of drug-likeness (QED) is 0.287. The number of hydrogen-bond donors (Lipinski definition) is 4. The van der Waals surface area contributed by atoms with Gasteiger partial charge in [0.2, 0.25) is 0 Å². The van der Waals surface area contributed by atoms with Gasteiger partial charge in [0.05, 0.1) is 0 Å². The van der Waals surface area contributed by atoms with Crippen LogP contribution in [0.3, 0.4) is 0 Å². The normalized spacial score (nSPS) is 9.89. The summed E-state index contributed by atoms with van der Waals surface area (Å²) < 4.78 is 12.5. The molecule has 6 nitrogen and oxygen atoms in total. The van der Waals surface area contributed by atoms with Gasteiger partial charge in [-0.2, -0.15) is 0 Å². The van der Waals surface area contributed by atoms with E-state index < -0.39 is 7.82 Å². The molecule has 0 rings (SSSR count). The van der Waals surface area contributed by atoms with Crippen LogP contribution < -0.4 is 5.90 Å². The van der Waals surface area contributed by atoms with E-state index in [1.807, 2.05) is 0 Å². The van der Waals surface area contributed by atoms with Gasteiger partial charge in [-0.1, -0.05) is 0 Å². The van der Waals surface area contributed by atoms with Gasteiger partial charge in [0.15, 0.2) is 0 Å². The highest BCUT2D eigenvalue weighted by Crippen LogP contribution is 2.32. The zero-order valence-electron chi connectivity index (χ0n) is 4.89. The third-order valence-electron chi connectivity index (χ3n) is 0.137. The Morgan fingerprint density at radius 1 is 1.67 bits per heavy atom. The summed E-state index contributed by atoms with van der Waals surface area (Å²) in [7, 11) is -4.37. The summed E-state index contributed by atoms with van der Waals surface area (Å²) in [6.45, 7) is 1.93. The summed E-state index contributed by atoms with van der Waals surface area (Å²) >= 11 is 0. The zero-order valence-corrected chi connectivity index (χ0v) is 5.78. The number of aliphatic hydroxyl groups is 1. The highest BCUT2D eigenvalue weighted by molar-refractivity contribution is 7.46. The minimum absolute atomic E-state index is 0.250. The highest BCUT2D eigenvalue weighted by Gasteiger charge is 2.08. The molecule has 0 aliphatic rings. The first-order chi connectivity index (χ1) is 3.97. The Labute approximate surface area is 52.4 Å². The van der Waals surface area contributed by atoms with E-state index in [0.29, 0.717) is 0 Å². The molecular weight excluding hydrogens is 149 g/mol. The second-order valence-corrected chi connectivity index (χ2v) is 2.10. The third-order valence-corrected chi connectivity index (χ3v) is 0.412. The topological polar surface area (TPSA) is 113 Å². The van der Waals surface area contributed by atoms with Crippen LogP contribution in [0.5, 0.6) is 0 Å². The van der Waals surface area contributed by atoms with Crippen LogP contribution in [0.25, 0.3) is 0 Å². The summed E-state index contributed by atoms with van der Waals surface area (Å²) in [6, 6.07) is 0. The third kappa shape index (κ3) is 31.8. The molecule has 0 amide bonds. The molecule has 0 fully saturated rings. The molecule has 0 atom stereocenters. The van der Waals surface area contributed by atoms with E-state index in [2.05, 4.69) is 10.5 Å². The van der Waals surface area contributed by atoms with Gasteiger partial charge < -0.3 is 14.9 Å². The van der Waals surface area contributed by atoms with Gasteiger partial charge in [0, 0.05) is 6.61 Å². The first kappa shape index (κ1) is 11.8. The highest BCUT2D eigenvalue weighted by atomic mass is 31.2. The van der Waals surface area contributed by atoms with Gasteiger partial charge in [0.25, 0.3) is 0 Å². The Hall–Kier alpha value is 0.0300. The summed E-state index contributed by atoms with van der Waals surface area (Å²) in [5.41, 5.74) is 0. The van der Waals surface area contributed by atoms with E-state index in [1.165, 1.54) is 0 Å². The Kier molecular flexibility index (Phi) is 8.06. The van der Waals surface area contributed by atoms with E-state index >= 15 is 0 Å². The zero-order chi connectivity index (χ0) is 7.91. The molecule has 9 heavy (non-hydrogen) atoms. The fraction of sp³-hybridized carbons (Fsp3) is 1.00. The van der Waals surface area contributed by atoms with Crippen LogP contribution in [0.4, 0.5) is 0 Å². The summed E-state index contributed by atoms with van der Waals surface area (Å²) in [6.07, 6.45) is 0. The van der Waals surface area contributed by atoms with Crippen LogP contribution in [0.2, 0.25) is 0 Å². The maximum Gasteiger partial charge on any atom is 0.485 e. The monoisotopic (exact) mass is 159 g/mol. The van der Waals surface area contributed by atoms with Crippen LogP contribution >= 0.6 is 7.82 Å². The molecule has 7 heteroatoms. The standard InChI is InChI=1S/C2H6O.H4NO4P/c1-2-3;1-5-6(2,3)4/h3H,2H2,1H3;1H2,(H2,2,3,4). The van der Waals surface area contributed by atoms with Gasteiger partial charge in [-0.15, -0.1) is 0 Å². The Morgan fingerprint density at radius 2 is 1.78 bits per heavy atom. The van der Waals surface area contributed by atoms with E-state index in [0.717, 1.165) is 0 Å².